The zero-order chi connectivity index (χ0) is 15.9. The van der Waals surface area contributed by atoms with Gasteiger partial charge < -0.3 is 10.1 Å². The first-order valence-electron chi connectivity index (χ1n) is 7.33. The van der Waals surface area contributed by atoms with Gasteiger partial charge in [0, 0.05) is 12.1 Å². The average molecular weight is 318 g/mol. The van der Waals surface area contributed by atoms with Crippen LogP contribution in [0.4, 0.5) is 10.5 Å². The van der Waals surface area contributed by atoms with Crippen LogP contribution < -0.4 is 10.1 Å². The second-order valence-corrected chi connectivity index (χ2v) is 5.76. The van der Waals surface area contributed by atoms with Crippen molar-refractivity contribution in [3.8, 4) is 5.75 Å². The summed E-state index contributed by atoms with van der Waals surface area (Å²) in [5.74, 6) is 1.32. The van der Waals surface area contributed by atoms with Gasteiger partial charge in [-0.15, -0.1) is 0 Å². The van der Waals surface area contributed by atoms with Crippen LogP contribution in [0.15, 0.2) is 48.5 Å². The zero-order valence-electron chi connectivity index (χ0n) is 12.8. The highest BCUT2D eigenvalue weighted by Crippen LogP contribution is 2.17. The second-order valence-electron chi connectivity index (χ2n) is 5.42. The molecule has 22 heavy (non-hydrogen) atoms. The number of amides is 1. The summed E-state index contributed by atoms with van der Waals surface area (Å²) >= 11 is 5.25. The standard InChI is InChI=1S/C18H20ClNO2/c1-13(2)15-5-3-14(4-6-15)11-12-22-17-9-7-16(8-10-17)20-18(19)21/h3-10,13H,11-12H2,1-2H3,(H,20,21). The Morgan fingerprint density at radius 2 is 1.73 bits per heavy atom. The Kier molecular flexibility index (Phi) is 5.84. The fourth-order valence-electron chi connectivity index (χ4n) is 2.10. The minimum absolute atomic E-state index is 0.553. The van der Waals surface area contributed by atoms with Gasteiger partial charge in [-0.3, -0.25) is 4.79 Å². The Morgan fingerprint density at radius 3 is 2.27 bits per heavy atom. The number of benzene rings is 2. The average Bonchev–Trinajstić information content (AvgIpc) is 2.49. The van der Waals surface area contributed by atoms with Crippen molar-refractivity contribution in [3.63, 3.8) is 0 Å². The van der Waals surface area contributed by atoms with Crippen molar-refractivity contribution >= 4 is 22.7 Å². The molecule has 2 rings (SSSR count). The van der Waals surface area contributed by atoms with Gasteiger partial charge in [0.15, 0.2) is 0 Å². The van der Waals surface area contributed by atoms with E-state index in [1.807, 2.05) is 12.1 Å². The van der Waals surface area contributed by atoms with Crippen LogP contribution in [-0.4, -0.2) is 12.0 Å². The Bertz CT molecular complexity index is 606. The van der Waals surface area contributed by atoms with Gasteiger partial charge in [-0.2, -0.15) is 0 Å². The lowest BCUT2D eigenvalue weighted by Gasteiger charge is -2.09. The minimum Gasteiger partial charge on any atom is -0.493 e. The summed E-state index contributed by atoms with van der Waals surface area (Å²) in [5.41, 5.74) is 3.26. The van der Waals surface area contributed by atoms with E-state index in [0.29, 0.717) is 18.2 Å². The number of hydrogen-bond acceptors (Lipinski definition) is 2. The summed E-state index contributed by atoms with van der Waals surface area (Å²) in [6.45, 7) is 4.99. The van der Waals surface area contributed by atoms with E-state index in [1.165, 1.54) is 11.1 Å². The lowest BCUT2D eigenvalue weighted by atomic mass is 10.0. The van der Waals surface area contributed by atoms with Crippen LogP contribution >= 0.6 is 11.6 Å². The van der Waals surface area contributed by atoms with Crippen LogP contribution in [0.5, 0.6) is 5.75 Å². The van der Waals surface area contributed by atoms with Crippen molar-refractivity contribution < 1.29 is 9.53 Å². The third-order valence-corrected chi connectivity index (χ3v) is 3.50. The number of nitrogens with one attached hydrogen (secondary N) is 1. The molecule has 0 fully saturated rings. The van der Waals surface area contributed by atoms with E-state index >= 15 is 0 Å². The lowest BCUT2D eigenvalue weighted by molar-refractivity contribution is 0.269. The fraction of sp³-hybridized carbons (Fsp3) is 0.278. The van der Waals surface area contributed by atoms with Crippen LogP contribution in [0.1, 0.15) is 30.9 Å². The fourth-order valence-corrected chi connectivity index (χ4v) is 2.21. The molecular formula is C18H20ClNO2. The third-order valence-electron chi connectivity index (χ3n) is 3.40. The molecule has 0 aliphatic carbocycles. The van der Waals surface area contributed by atoms with Crippen molar-refractivity contribution in [3.05, 3.63) is 59.7 Å². The van der Waals surface area contributed by atoms with E-state index < -0.39 is 5.37 Å². The maximum atomic E-state index is 10.7. The molecule has 0 saturated heterocycles. The summed E-state index contributed by atoms with van der Waals surface area (Å²) in [4.78, 5) is 10.7. The summed E-state index contributed by atoms with van der Waals surface area (Å²) in [6.07, 6.45) is 0.860. The molecule has 1 amide bonds. The zero-order valence-corrected chi connectivity index (χ0v) is 13.6. The Morgan fingerprint density at radius 1 is 1.09 bits per heavy atom. The first-order chi connectivity index (χ1) is 10.5. The van der Waals surface area contributed by atoms with Crippen molar-refractivity contribution in [2.45, 2.75) is 26.2 Å². The number of hydrogen-bond donors (Lipinski definition) is 1. The summed E-state index contributed by atoms with van der Waals surface area (Å²) < 4.78 is 5.70. The molecule has 0 bridgehead atoms. The van der Waals surface area contributed by atoms with Crippen LogP contribution in [0, 0.1) is 0 Å². The molecule has 0 saturated carbocycles. The predicted molar refractivity (Wildman–Crippen MR) is 91.0 cm³/mol. The molecular weight excluding hydrogens is 298 g/mol. The number of halogens is 1. The molecule has 0 radical (unpaired) electrons. The van der Waals surface area contributed by atoms with E-state index in [4.69, 9.17) is 16.3 Å². The maximum absolute atomic E-state index is 10.7. The lowest BCUT2D eigenvalue weighted by Crippen LogP contribution is -2.03. The topological polar surface area (TPSA) is 38.3 Å². The Labute approximate surface area is 136 Å². The molecule has 0 unspecified atom stereocenters. The van der Waals surface area contributed by atoms with Gasteiger partial charge in [-0.1, -0.05) is 38.1 Å². The molecule has 0 aliphatic heterocycles. The molecule has 0 heterocycles. The Hall–Kier alpha value is -2.00. The number of rotatable bonds is 6. The highest BCUT2D eigenvalue weighted by molar-refractivity contribution is 6.65. The minimum atomic E-state index is -0.599. The number of carbonyl (C=O) groups is 1. The second kappa shape index (κ2) is 7.85. The van der Waals surface area contributed by atoms with E-state index in [2.05, 4.69) is 43.4 Å². The molecule has 116 valence electrons. The first-order valence-corrected chi connectivity index (χ1v) is 7.70. The van der Waals surface area contributed by atoms with Crippen LogP contribution in [-0.2, 0) is 6.42 Å². The predicted octanol–water partition coefficient (Wildman–Crippen LogP) is 5.20. The number of carbonyl (C=O) groups excluding carboxylic acids is 1. The van der Waals surface area contributed by atoms with Crippen molar-refractivity contribution in [2.24, 2.45) is 0 Å². The molecule has 4 heteroatoms. The third kappa shape index (κ3) is 5.08. The Balaban J connectivity index is 1.81. The molecule has 0 atom stereocenters. The van der Waals surface area contributed by atoms with E-state index in [9.17, 15) is 4.79 Å². The number of ether oxygens (including phenoxy) is 1. The molecule has 3 nitrogen and oxygen atoms in total. The van der Waals surface area contributed by atoms with E-state index in [0.717, 1.165) is 12.2 Å². The van der Waals surface area contributed by atoms with Crippen molar-refractivity contribution in [1.82, 2.24) is 0 Å². The maximum Gasteiger partial charge on any atom is 0.318 e. The van der Waals surface area contributed by atoms with E-state index in [1.54, 1.807) is 12.1 Å². The van der Waals surface area contributed by atoms with Gasteiger partial charge >= 0.3 is 5.37 Å². The molecule has 0 aromatic heterocycles. The largest absolute Gasteiger partial charge is 0.493 e. The van der Waals surface area contributed by atoms with Crippen molar-refractivity contribution in [2.75, 3.05) is 11.9 Å². The first kappa shape index (κ1) is 16.4. The van der Waals surface area contributed by atoms with Gasteiger partial charge in [0.2, 0.25) is 0 Å². The summed E-state index contributed by atoms with van der Waals surface area (Å²) in [6, 6.07) is 15.8. The molecule has 2 aromatic carbocycles. The van der Waals surface area contributed by atoms with Gasteiger partial charge in [-0.05, 0) is 52.9 Å². The SMILES string of the molecule is CC(C)c1ccc(CCOc2ccc(NC(=O)Cl)cc2)cc1. The quantitative estimate of drug-likeness (QED) is 0.587. The highest BCUT2D eigenvalue weighted by atomic mass is 35.5. The van der Waals surface area contributed by atoms with Crippen LogP contribution in [0.2, 0.25) is 0 Å². The van der Waals surface area contributed by atoms with Gasteiger partial charge in [0.1, 0.15) is 5.75 Å². The summed E-state index contributed by atoms with van der Waals surface area (Å²) in [7, 11) is 0. The number of anilines is 1. The molecule has 2 aromatic rings. The monoisotopic (exact) mass is 317 g/mol. The molecule has 1 N–H and O–H groups in total. The molecule has 0 spiro atoms. The van der Waals surface area contributed by atoms with Gasteiger partial charge in [0.05, 0.1) is 6.61 Å². The van der Waals surface area contributed by atoms with Crippen LogP contribution in [0.3, 0.4) is 0 Å². The molecule has 0 aliphatic rings. The van der Waals surface area contributed by atoms with Gasteiger partial charge in [0.25, 0.3) is 0 Å². The highest BCUT2D eigenvalue weighted by Gasteiger charge is 2.01. The summed E-state index contributed by atoms with van der Waals surface area (Å²) in [5, 5.41) is 1.90. The smallest absolute Gasteiger partial charge is 0.318 e. The van der Waals surface area contributed by atoms with E-state index in [-0.39, 0.29) is 0 Å². The van der Waals surface area contributed by atoms with Crippen molar-refractivity contribution in [1.29, 1.82) is 0 Å². The van der Waals surface area contributed by atoms with Crippen LogP contribution in [0.25, 0.3) is 0 Å². The normalized spacial score (nSPS) is 10.5. The van der Waals surface area contributed by atoms with Gasteiger partial charge in [-0.25, -0.2) is 0 Å².